The van der Waals surface area contributed by atoms with Gasteiger partial charge in [-0.1, -0.05) is 23.7 Å². The lowest BCUT2D eigenvalue weighted by Crippen LogP contribution is -2.49. The molecule has 2 heterocycles. The third kappa shape index (κ3) is 2.57. The van der Waals surface area contributed by atoms with E-state index in [0.29, 0.717) is 41.8 Å². The molecule has 2 aliphatic rings. The highest BCUT2D eigenvalue weighted by Gasteiger charge is 2.52. The van der Waals surface area contributed by atoms with Crippen LogP contribution in [-0.2, 0) is 16.1 Å². The first-order chi connectivity index (χ1) is 12.0. The summed E-state index contributed by atoms with van der Waals surface area (Å²) in [5.41, 5.74) is 0.373. The molecule has 1 N–H and O–H groups in total. The molecule has 7 heteroatoms. The summed E-state index contributed by atoms with van der Waals surface area (Å²) in [6, 6.07) is 6.88. The smallest absolute Gasteiger partial charge is 0.323 e. The average molecular weight is 358 g/mol. The number of rotatable bonds is 2. The highest BCUT2D eigenvalue weighted by Crippen LogP contribution is 2.34. The lowest BCUT2D eigenvalue weighted by Gasteiger charge is -2.29. The number of amides is 3. The molecule has 0 radical (unpaired) electrons. The predicted molar refractivity (Wildman–Crippen MR) is 92.0 cm³/mol. The van der Waals surface area contributed by atoms with Crippen LogP contribution in [0.4, 0.5) is 4.79 Å². The summed E-state index contributed by atoms with van der Waals surface area (Å²) in [4.78, 5) is 42.4. The summed E-state index contributed by atoms with van der Waals surface area (Å²) in [7, 11) is 0. The van der Waals surface area contributed by atoms with Gasteiger partial charge in [-0.2, -0.15) is 0 Å². The van der Waals surface area contributed by atoms with Crippen molar-refractivity contribution >= 4 is 40.2 Å². The highest BCUT2D eigenvalue weighted by atomic mass is 35.5. The predicted octanol–water partition coefficient (Wildman–Crippen LogP) is 2.82. The standard InChI is InChI=1S/C18H16ClN3O3/c19-14-4-3-11-2-1-9-20-15(11)13(14)10-22-16(24)18(21-17(22)25)7-5-12(23)6-8-18/h1-4,9H,5-8,10H2,(H,21,25). The maximum atomic E-state index is 12.9. The Morgan fingerprint density at radius 1 is 1.16 bits per heavy atom. The van der Waals surface area contributed by atoms with Gasteiger partial charge < -0.3 is 5.32 Å². The van der Waals surface area contributed by atoms with Gasteiger partial charge in [0.25, 0.3) is 5.91 Å². The Bertz CT molecular complexity index is 902. The largest absolute Gasteiger partial charge is 0.325 e. The van der Waals surface area contributed by atoms with Crippen LogP contribution < -0.4 is 5.32 Å². The lowest BCUT2D eigenvalue weighted by molar-refractivity contribution is -0.134. The summed E-state index contributed by atoms with van der Waals surface area (Å²) in [6.07, 6.45) is 3.00. The van der Waals surface area contributed by atoms with E-state index in [1.807, 2.05) is 18.2 Å². The van der Waals surface area contributed by atoms with Crippen molar-refractivity contribution in [1.29, 1.82) is 0 Å². The van der Waals surface area contributed by atoms with E-state index < -0.39 is 11.6 Å². The van der Waals surface area contributed by atoms with Crippen LogP contribution >= 0.6 is 11.6 Å². The molecule has 6 nitrogen and oxygen atoms in total. The molecular weight excluding hydrogens is 342 g/mol. The van der Waals surface area contributed by atoms with E-state index in [1.165, 1.54) is 4.90 Å². The number of Topliss-reactive ketones (excluding diaryl/α,β-unsaturated/α-hetero) is 1. The first-order valence-electron chi connectivity index (χ1n) is 8.18. The molecule has 1 saturated carbocycles. The van der Waals surface area contributed by atoms with Crippen LogP contribution in [0.5, 0.6) is 0 Å². The van der Waals surface area contributed by atoms with Gasteiger partial charge in [0.1, 0.15) is 11.3 Å². The Kier molecular flexibility index (Phi) is 3.72. The maximum absolute atomic E-state index is 12.9. The number of urea groups is 1. The molecule has 0 bridgehead atoms. The Morgan fingerprint density at radius 3 is 2.68 bits per heavy atom. The van der Waals surface area contributed by atoms with Crippen molar-refractivity contribution < 1.29 is 14.4 Å². The normalized spacial score (nSPS) is 19.7. The molecule has 128 valence electrons. The molecule has 0 atom stereocenters. The van der Waals surface area contributed by atoms with Crippen LogP contribution in [0.3, 0.4) is 0 Å². The first-order valence-corrected chi connectivity index (χ1v) is 8.56. The third-order valence-corrected chi connectivity index (χ3v) is 5.40. The van der Waals surface area contributed by atoms with Gasteiger partial charge in [0.05, 0.1) is 12.1 Å². The Hall–Kier alpha value is -2.47. The number of ketones is 1. The lowest BCUT2D eigenvalue weighted by atomic mass is 9.81. The van der Waals surface area contributed by atoms with Gasteiger partial charge in [-0.05, 0) is 25.0 Å². The van der Waals surface area contributed by atoms with Crippen molar-refractivity contribution in [3.63, 3.8) is 0 Å². The monoisotopic (exact) mass is 357 g/mol. The van der Waals surface area contributed by atoms with Gasteiger partial charge >= 0.3 is 6.03 Å². The van der Waals surface area contributed by atoms with Crippen LogP contribution in [-0.4, -0.2) is 33.1 Å². The summed E-state index contributed by atoms with van der Waals surface area (Å²) < 4.78 is 0. The zero-order valence-corrected chi connectivity index (χ0v) is 14.2. The van der Waals surface area contributed by atoms with Crippen LogP contribution in [0.15, 0.2) is 30.5 Å². The zero-order valence-electron chi connectivity index (χ0n) is 13.4. The Labute approximate surface area is 149 Å². The number of hydrogen-bond donors (Lipinski definition) is 1. The van der Waals surface area contributed by atoms with E-state index >= 15 is 0 Å². The summed E-state index contributed by atoms with van der Waals surface area (Å²) in [5.74, 6) is -0.151. The number of carbonyl (C=O) groups excluding carboxylic acids is 3. The van der Waals surface area contributed by atoms with Gasteiger partial charge in [-0.15, -0.1) is 0 Å². The van der Waals surface area contributed by atoms with E-state index in [-0.39, 0.29) is 18.2 Å². The van der Waals surface area contributed by atoms with E-state index in [2.05, 4.69) is 10.3 Å². The van der Waals surface area contributed by atoms with Crippen molar-refractivity contribution in [2.75, 3.05) is 0 Å². The fourth-order valence-electron chi connectivity index (χ4n) is 3.60. The minimum absolute atomic E-state index is 0.0630. The van der Waals surface area contributed by atoms with Gasteiger partial charge in [0, 0.05) is 35.0 Å². The Balaban J connectivity index is 1.68. The number of imide groups is 1. The minimum Gasteiger partial charge on any atom is -0.323 e. The van der Waals surface area contributed by atoms with Gasteiger partial charge in [0.2, 0.25) is 0 Å². The summed E-state index contributed by atoms with van der Waals surface area (Å²) >= 11 is 6.32. The van der Waals surface area contributed by atoms with Gasteiger partial charge in [-0.3, -0.25) is 19.5 Å². The van der Waals surface area contributed by atoms with Crippen LogP contribution in [0.25, 0.3) is 10.9 Å². The number of fused-ring (bicyclic) bond motifs is 1. The highest BCUT2D eigenvalue weighted by molar-refractivity contribution is 6.32. The second kappa shape index (κ2) is 5.81. The second-order valence-electron chi connectivity index (χ2n) is 6.54. The molecular formula is C18H16ClN3O3. The maximum Gasteiger partial charge on any atom is 0.325 e. The summed E-state index contributed by atoms with van der Waals surface area (Å²) in [5, 5.41) is 4.16. The number of pyridine rings is 1. The summed E-state index contributed by atoms with van der Waals surface area (Å²) in [6.45, 7) is 0.0630. The number of carbonyl (C=O) groups is 3. The molecule has 1 saturated heterocycles. The third-order valence-electron chi connectivity index (χ3n) is 5.05. The van der Waals surface area contributed by atoms with Crippen molar-refractivity contribution in [1.82, 2.24) is 15.2 Å². The molecule has 1 aliphatic heterocycles. The van der Waals surface area contributed by atoms with E-state index in [1.54, 1.807) is 12.3 Å². The molecule has 0 unspecified atom stereocenters. The van der Waals surface area contributed by atoms with E-state index in [9.17, 15) is 14.4 Å². The van der Waals surface area contributed by atoms with Crippen molar-refractivity contribution in [2.45, 2.75) is 37.8 Å². The zero-order chi connectivity index (χ0) is 17.6. The Morgan fingerprint density at radius 2 is 1.92 bits per heavy atom. The molecule has 2 fully saturated rings. The van der Waals surface area contributed by atoms with Crippen LogP contribution in [0.1, 0.15) is 31.2 Å². The number of hydrogen-bond acceptors (Lipinski definition) is 4. The molecule has 4 rings (SSSR count). The fraction of sp³-hybridized carbons (Fsp3) is 0.333. The van der Waals surface area contributed by atoms with Gasteiger partial charge in [-0.25, -0.2) is 4.79 Å². The molecule has 1 aliphatic carbocycles. The molecule has 1 aromatic heterocycles. The molecule has 2 aromatic rings. The van der Waals surface area contributed by atoms with Crippen molar-refractivity contribution in [3.8, 4) is 0 Å². The van der Waals surface area contributed by atoms with Crippen molar-refractivity contribution in [3.05, 3.63) is 41.0 Å². The topological polar surface area (TPSA) is 79.4 Å². The number of benzene rings is 1. The SMILES string of the molecule is O=C1CCC2(CC1)NC(=O)N(Cc1c(Cl)ccc3cccnc13)C2=O. The van der Waals surface area contributed by atoms with E-state index in [0.717, 1.165) is 5.39 Å². The number of nitrogens with zero attached hydrogens (tertiary/aromatic N) is 2. The van der Waals surface area contributed by atoms with Crippen LogP contribution in [0.2, 0.25) is 5.02 Å². The number of halogens is 1. The van der Waals surface area contributed by atoms with Gasteiger partial charge in [0.15, 0.2) is 0 Å². The average Bonchev–Trinajstić information content (AvgIpc) is 2.84. The van der Waals surface area contributed by atoms with Crippen LogP contribution in [0, 0.1) is 0 Å². The second-order valence-corrected chi connectivity index (χ2v) is 6.95. The number of aromatic nitrogens is 1. The minimum atomic E-state index is -0.949. The quantitative estimate of drug-likeness (QED) is 0.838. The molecule has 25 heavy (non-hydrogen) atoms. The van der Waals surface area contributed by atoms with E-state index in [4.69, 9.17) is 11.6 Å². The molecule has 1 spiro atoms. The first kappa shape index (κ1) is 16.0. The molecule has 3 amide bonds. The molecule has 1 aromatic carbocycles. The number of nitrogens with one attached hydrogen (secondary N) is 1. The van der Waals surface area contributed by atoms with Crippen molar-refractivity contribution in [2.24, 2.45) is 0 Å². The fourth-order valence-corrected chi connectivity index (χ4v) is 3.82.